The Morgan fingerprint density at radius 2 is 1.77 bits per heavy atom. The second kappa shape index (κ2) is 8.74. The summed E-state index contributed by atoms with van der Waals surface area (Å²) >= 11 is 0. The molecule has 0 spiro atoms. The molecule has 1 heterocycles. The minimum Gasteiger partial charge on any atom is -0.497 e. The number of nitrogens with one attached hydrogen (secondary N) is 1. The van der Waals surface area contributed by atoms with Crippen LogP contribution in [0.25, 0.3) is 6.08 Å². The van der Waals surface area contributed by atoms with Crippen LogP contribution in [0, 0.1) is 0 Å². The molecule has 4 rings (SSSR count). The fourth-order valence-electron chi connectivity index (χ4n) is 4.37. The van der Waals surface area contributed by atoms with E-state index >= 15 is 0 Å². The number of hydrogen-bond acceptors (Lipinski definition) is 3. The third-order valence-corrected chi connectivity index (χ3v) is 6.08. The average molecular weight is 405 g/mol. The number of benzene rings is 2. The normalized spacial score (nSPS) is 22.0. The van der Waals surface area contributed by atoms with Crippen LogP contribution in [-0.4, -0.2) is 30.5 Å². The van der Waals surface area contributed by atoms with Crippen LogP contribution in [0.1, 0.15) is 44.1 Å². The fraction of sp³-hybridized carbons (Fsp3) is 0.360. The summed E-state index contributed by atoms with van der Waals surface area (Å²) in [5.41, 5.74) is 0.679. The second-order valence-corrected chi connectivity index (χ2v) is 8.08. The molecule has 5 heteroatoms. The number of rotatable bonds is 6. The number of ether oxygens (including phenoxy) is 1. The molecule has 1 aliphatic carbocycles. The zero-order valence-corrected chi connectivity index (χ0v) is 17.3. The molecule has 1 saturated heterocycles. The minimum absolute atomic E-state index is 0.0586. The Bertz CT molecular complexity index is 917. The first-order chi connectivity index (χ1) is 14.6. The van der Waals surface area contributed by atoms with Gasteiger partial charge in [-0.1, -0.05) is 55.7 Å². The predicted octanol–water partition coefficient (Wildman–Crippen LogP) is 4.33. The maximum atomic E-state index is 13.5. The quantitative estimate of drug-likeness (QED) is 0.729. The van der Waals surface area contributed by atoms with Gasteiger partial charge in [-0.2, -0.15) is 0 Å². The van der Waals surface area contributed by atoms with Gasteiger partial charge in [0, 0.05) is 11.7 Å². The molecule has 1 N–H and O–H groups in total. The Labute approximate surface area is 177 Å². The van der Waals surface area contributed by atoms with Crippen molar-refractivity contribution >= 4 is 23.6 Å². The molecule has 30 heavy (non-hydrogen) atoms. The predicted molar refractivity (Wildman–Crippen MR) is 118 cm³/mol. The zero-order chi connectivity index (χ0) is 21.0. The first-order valence-electron chi connectivity index (χ1n) is 10.6. The lowest BCUT2D eigenvalue weighted by Crippen LogP contribution is -2.70. The van der Waals surface area contributed by atoms with Gasteiger partial charge in [-0.15, -0.1) is 0 Å². The highest BCUT2D eigenvalue weighted by Gasteiger charge is 2.55. The molecular formula is C25H28N2O3. The molecule has 1 atom stereocenters. The highest BCUT2D eigenvalue weighted by molar-refractivity contribution is 6.15. The van der Waals surface area contributed by atoms with Crippen LogP contribution in [0.3, 0.4) is 0 Å². The summed E-state index contributed by atoms with van der Waals surface area (Å²) in [6.07, 6.45) is 9.48. The standard InChI is InChI=1S/C25H28N2O3/c1-30-22-14-12-21(13-15-22)27-23(28)18-25(27,17-16-19-8-4-2-5-9-19)24(29)26-20-10-6-3-7-11-20/h2,4-5,8-9,12-17,20H,3,6-7,10-11,18H2,1H3,(H,26,29). The van der Waals surface area contributed by atoms with Crippen molar-refractivity contribution in [2.24, 2.45) is 0 Å². The lowest BCUT2D eigenvalue weighted by atomic mass is 9.80. The summed E-state index contributed by atoms with van der Waals surface area (Å²) in [4.78, 5) is 27.8. The van der Waals surface area contributed by atoms with E-state index in [2.05, 4.69) is 5.32 Å². The minimum atomic E-state index is -1.01. The first kappa shape index (κ1) is 20.2. The highest BCUT2D eigenvalue weighted by atomic mass is 16.5. The van der Waals surface area contributed by atoms with Crippen molar-refractivity contribution in [1.82, 2.24) is 5.32 Å². The van der Waals surface area contributed by atoms with Crippen molar-refractivity contribution in [3.05, 3.63) is 66.2 Å². The van der Waals surface area contributed by atoms with Crippen molar-refractivity contribution in [3.8, 4) is 5.75 Å². The van der Waals surface area contributed by atoms with Crippen LogP contribution in [0.15, 0.2) is 60.7 Å². The maximum Gasteiger partial charge on any atom is 0.251 e. The van der Waals surface area contributed by atoms with Crippen LogP contribution in [0.2, 0.25) is 0 Å². The smallest absolute Gasteiger partial charge is 0.251 e. The van der Waals surface area contributed by atoms with E-state index in [4.69, 9.17) is 4.74 Å². The third-order valence-electron chi connectivity index (χ3n) is 6.08. The molecule has 156 valence electrons. The number of β-lactam (4-membered cyclic amide) rings is 1. The SMILES string of the molecule is COc1ccc(N2C(=O)CC2(C=Cc2ccccc2)C(=O)NC2CCCCC2)cc1. The van der Waals surface area contributed by atoms with Gasteiger partial charge in [-0.3, -0.25) is 14.5 Å². The van der Waals surface area contributed by atoms with Crippen molar-refractivity contribution in [3.63, 3.8) is 0 Å². The zero-order valence-electron chi connectivity index (χ0n) is 17.3. The molecule has 2 aliphatic rings. The van der Waals surface area contributed by atoms with E-state index in [0.717, 1.165) is 31.2 Å². The number of carbonyl (C=O) groups excluding carboxylic acids is 2. The summed E-state index contributed by atoms with van der Waals surface area (Å²) in [6, 6.07) is 17.3. The van der Waals surface area contributed by atoms with Gasteiger partial charge < -0.3 is 10.1 Å². The summed E-state index contributed by atoms with van der Waals surface area (Å²) in [6.45, 7) is 0. The lowest BCUT2D eigenvalue weighted by molar-refractivity contribution is -0.137. The summed E-state index contributed by atoms with van der Waals surface area (Å²) in [5, 5.41) is 3.23. The van der Waals surface area contributed by atoms with Gasteiger partial charge in [0.2, 0.25) is 5.91 Å². The summed E-state index contributed by atoms with van der Waals surface area (Å²) < 4.78 is 5.24. The van der Waals surface area contributed by atoms with E-state index in [9.17, 15) is 9.59 Å². The third kappa shape index (κ3) is 3.97. The van der Waals surface area contributed by atoms with Crippen molar-refractivity contribution in [2.45, 2.75) is 50.1 Å². The molecular weight excluding hydrogens is 376 g/mol. The number of amides is 2. The molecule has 2 amide bonds. The molecule has 0 radical (unpaired) electrons. The van der Waals surface area contributed by atoms with Gasteiger partial charge >= 0.3 is 0 Å². The van der Waals surface area contributed by atoms with Gasteiger partial charge in [0.25, 0.3) is 5.91 Å². The number of carbonyl (C=O) groups is 2. The van der Waals surface area contributed by atoms with Crippen LogP contribution in [0.5, 0.6) is 5.75 Å². The molecule has 1 unspecified atom stereocenters. The molecule has 2 aromatic carbocycles. The van der Waals surface area contributed by atoms with Gasteiger partial charge in [-0.25, -0.2) is 0 Å². The van der Waals surface area contributed by atoms with Crippen LogP contribution < -0.4 is 15.0 Å². The number of hydrogen-bond donors (Lipinski definition) is 1. The van der Waals surface area contributed by atoms with Gasteiger partial charge in [-0.05, 0) is 48.7 Å². The van der Waals surface area contributed by atoms with Crippen LogP contribution in [0.4, 0.5) is 5.69 Å². The molecule has 0 bridgehead atoms. The monoisotopic (exact) mass is 404 g/mol. The van der Waals surface area contributed by atoms with E-state index in [1.807, 2.05) is 66.7 Å². The Hall–Kier alpha value is -3.08. The Kier molecular flexibility index (Phi) is 5.88. The highest BCUT2D eigenvalue weighted by Crippen LogP contribution is 2.40. The Morgan fingerprint density at radius 3 is 2.40 bits per heavy atom. The van der Waals surface area contributed by atoms with Crippen LogP contribution in [-0.2, 0) is 9.59 Å². The summed E-state index contributed by atoms with van der Waals surface area (Å²) in [7, 11) is 1.61. The maximum absolute atomic E-state index is 13.5. The Morgan fingerprint density at radius 1 is 1.07 bits per heavy atom. The first-order valence-corrected chi connectivity index (χ1v) is 10.6. The van der Waals surface area contributed by atoms with Crippen molar-refractivity contribution < 1.29 is 14.3 Å². The van der Waals surface area contributed by atoms with Crippen LogP contribution >= 0.6 is 0 Å². The lowest BCUT2D eigenvalue weighted by Gasteiger charge is -2.49. The van der Waals surface area contributed by atoms with E-state index < -0.39 is 5.54 Å². The van der Waals surface area contributed by atoms with Crippen molar-refractivity contribution in [1.29, 1.82) is 0 Å². The second-order valence-electron chi connectivity index (χ2n) is 8.08. The fourth-order valence-corrected chi connectivity index (χ4v) is 4.37. The van der Waals surface area contributed by atoms with E-state index in [1.165, 1.54) is 6.42 Å². The van der Waals surface area contributed by atoms with E-state index in [-0.39, 0.29) is 24.3 Å². The van der Waals surface area contributed by atoms with Crippen molar-refractivity contribution in [2.75, 3.05) is 12.0 Å². The molecule has 5 nitrogen and oxygen atoms in total. The largest absolute Gasteiger partial charge is 0.497 e. The number of nitrogens with zero attached hydrogens (tertiary/aromatic N) is 1. The number of anilines is 1. The molecule has 0 aromatic heterocycles. The van der Waals surface area contributed by atoms with Gasteiger partial charge in [0.05, 0.1) is 13.5 Å². The molecule has 1 saturated carbocycles. The topological polar surface area (TPSA) is 58.6 Å². The van der Waals surface area contributed by atoms with Gasteiger partial charge in [0.15, 0.2) is 5.54 Å². The molecule has 2 aromatic rings. The summed E-state index contributed by atoms with van der Waals surface area (Å²) in [5.74, 6) is 0.553. The molecule has 2 fully saturated rings. The Balaban J connectivity index is 1.66. The molecule has 1 aliphatic heterocycles. The van der Waals surface area contributed by atoms with E-state index in [1.54, 1.807) is 12.0 Å². The van der Waals surface area contributed by atoms with Gasteiger partial charge in [0.1, 0.15) is 5.75 Å². The van der Waals surface area contributed by atoms with E-state index in [0.29, 0.717) is 11.4 Å². The number of methoxy groups -OCH3 is 1. The average Bonchev–Trinajstić information content (AvgIpc) is 2.78.